The Hall–Kier alpha value is -0.670. The minimum Gasteiger partial charge on any atom is -0.396 e. The standard InChI is InChI=1S/C8H14O3/c1-4-6(10)7(11)8(2,3)5-9/h4,7,9,11H,1,5H2,2-3H3. The monoisotopic (exact) mass is 158 g/mol. The van der Waals surface area contributed by atoms with Gasteiger partial charge in [-0.1, -0.05) is 20.4 Å². The second-order valence-electron chi connectivity index (χ2n) is 3.16. The average molecular weight is 158 g/mol. The maximum Gasteiger partial charge on any atom is 0.184 e. The molecule has 0 radical (unpaired) electrons. The van der Waals surface area contributed by atoms with Crippen molar-refractivity contribution in [3.05, 3.63) is 12.7 Å². The molecule has 0 heterocycles. The summed E-state index contributed by atoms with van der Waals surface area (Å²) in [6, 6.07) is 0. The van der Waals surface area contributed by atoms with E-state index in [0.717, 1.165) is 6.08 Å². The lowest BCUT2D eigenvalue weighted by Gasteiger charge is -2.25. The molecular formula is C8H14O3. The van der Waals surface area contributed by atoms with Crippen LogP contribution in [-0.2, 0) is 4.79 Å². The number of hydrogen-bond acceptors (Lipinski definition) is 3. The Morgan fingerprint density at radius 2 is 2.18 bits per heavy atom. The minimum absolute atomic E-state index is 0.228. The van der Waals surface area contributed by atoms with Crippen LogP contribution in [0.1, 0.15) is 13.8 Å². The molecule has 1 unspecified atom stereocenters. The lowest BCUT2D eigenvalue weighted by Crippen LogP contribution is -2.38. The van der Waals surface area contributed by atoms with Crippen LogP contribution in [0.25, 0.3) is 0 Å². The normalized spacial score (nSPS) is 14.2. The van der Waals surface area contributed by atoms with Crippen LogP contribution in [0.15, 0.2) is 12.7 Å². The summed E-state index contributed by atoms with van der Waals surface area (Å²) in [5, 5.41) is 18.0. The van der Waals surface area contributed by atoms with E-state index in [2.05, 4.69) is 6.58 Å². The first-order valence-corrected chi connectivity index (χ1v) is 3.41. The summed E-state index contributed by atoms with van der Waals surface area (Å²) in [5.41, 5.74) is -0.786. The van der Waals surface area contributed by atoms with Gasteiger partial charge in [-0.3, -0.25) is 4.79 Å². The van der Waals surface area contributed by atoms with Crippen molar-refractivity contribution in [2.45, 2.75) is 20.0 Å². The first-order chi connectivity index (χ1) is 4.95. The van der Waals surface area contributed by atoms with Crippen LogP contribution >= 0.6 is 0 Å². The third kappa shape index (κ3) is 2.44. The largest absolute Gasteiger partial charge is 0.396 e. The van der Waals surface area contributed by atoms with E-state index in [1.165, 1.54) is 0 Å². The molecule has 0 amide bonds. The molecule has 0 saturated carbocycles. The second-order valence-corrected chi connectivity index (χ2v) is 3.16. The van der Waals surface area contributed by atoms with Gasteiger partial charge >= 0.3 is 0 Å². The number of carbonyl (C=O) groups excluding carboxylic acids is 1. The van der Waals surface area contributed by atoms with Crippen molar-refractivity contribution in [3.8, 4) is 0 Å². The van der Waals surface area contributed by atoms with Gasteiger partial charge in [-0.2, -0.15) is 0 Å². The van der Waals surface area contributed by atoms with Gasteiger partial charge in [0.05, 0.1) is 6.61 Å². The Labute approximate surface area is 66.4 Å². The molecule has 0 aromatic rings. The molecule has 0 bridgehead atoms. The van der Waals surface area contributed by atoms with Crippen molar-refractivity contribution >= 4 is 5.78 Å². The fourth-order valence-corrected chi connectivity index (χ4v) is 0.583. The molecule has 1 atom stereocenters. The van der Waals surface area contributed by atoms with Crippen molar-refractivity contribution in [2.24, 2.45) is 5.41 Å². The fraction of sp³-hybridized carbons (Fsp3) is 0.625. The predicted octanol–water partition coefficient (Wildman–Crippen LogP) is 0.121. The quantitative estimate of drug-likeness (QED) is 0.571. The molecule has 0 aromatic heterocycles. The highest BCUT2D eigenvalue weighted by molar-refractivity contribution is 5.93. The summed E-state index contributed by atoms with van der Waals surface area (Å²) >= 11 is 0. The smallest absolute Gasteiger partial charge is 0.184 e. The molecule has 3 nitrogen and oxygen atoms in total. The van der Waals surface area contributed by atoms with Crippen molar-refractivity contribution < 1.29 is 15.0 Å². The first kappa shape index (κ1) is 10.3. The summed E-state index contributed by atoms with van der Waals surface area (Å²) < 4.78 is 0. The van der Waals surface area contributed by atoms with E-state index >= 15 is 0 Å². The number of aliphatic hydroxyl groups excluding tert-OH is 2. The van der Waals surface area contributed by atoms with Crippen LogP contribution in [0.2, 0.25) is 0 Å². The highest BCUT2D eigenvalue weighted by Crippen LogP contribution is 2.20. The van der Waals surface area contributed by atoms with E-state index < -0.39 is 17.3 Å². The SMILES string of the molecule is C=CC(=O)C(O)C(C)(C)CO. The minimum atomic E-state index is -1.16. The second kappa shape index (κ2) is 3.64. The van der Waals surface area contributed by atoms with Crippen LogP contribution in [0.3, 0.4) is 0 Å². The predicted molar refractivity (Wildman–Crippen MR) is 42.1 cm³/mol. The number of aliphatic hydroxyl groups is 2. The van der Waals surface area contributed by atoms with Gasteiger partial charge in [0, 0.05) is 5.41 Å². The average Bonchev–Trinajstić information content (AvgIpc) is 2.01. The molecule has 0 saturated heterocycles. The molecule has 0 rings (SSSR count). The Balaban J connectivity index is 4.33. The maximum absolute atomic E-state index is 10.8. The molecule has 2 N–H and O–H groups in total. The van der Waals surface area contributed by atoms with Gasteiger partial charge in [0.15, 0.2) is 5.78 Å². The summed E-state index contributed by atoms with van der Waals surface area (Å²) in [5.74, 6) is -0.455. The van der Waals surface area contributed by atoms with Crippen molar-refractivity contribution in [1.29, 1.82) is 0 Å². The van der Waals surface area contributed by atoms with Gasteiger partial charge in [0.2, 0.25) is 0 Å². The molecule has 0 aliphatic carbocycles. The molecular weight excluding hydrogens is 144 g/mol. The lowest BCUT2D eigenvalue weighted by atomic mass is 9.85. The van der Waals surface area contributed by atoms with Crippen LogP contribution in [0.4, 0.5) is 0 Å². The summed E-state index contributed by atoms with van der Waals surface area (Å²) in [6.07, 6.45) is -0.104. The summed E-state index contributed by atoms with van der Waals surface area (Å²) in [6.45, 7) is 6.23. The molecule has 0 aromatic carbocycles. The van der Waals surface area contributed by atoms with E-state index in [9.17, 15) is 9.90 Å². The number of rotatable bonds is 4. The highest BCUT2D eigenvalue weighted by Gasteiger charge is 2.30. The Bertz CT molecular complexity index is 161. The van der Waals surface area contributed by atoms with Gasteiger partial charge in [-0.05, 0) is 6.08 Å². The third-order valence-corrected chi connectivity index (χ3v) is 1.62. The van der Waals surface area contributed by atoms with Crippen molar-refractivity contribution in [2.75, 3.05) is 6.61 Å². The zero-order valence-electron chi connectivity index (χ0n) is 6.87. The molecule has 0 spiro atoms. The Morgan fingerprint density at radius 3 is 2.45 bits per heavy atom. The van der Waals surface area contributed by atoms with E-state index in [0.29, 0.717) is 0 Å². The van der Waals surface area contributed by atoms with E-state index in [-0.39, 0.29) is 6.61 Å². The summed E-state index contributed by atoms with van der Waals surface area (Å²) in [7, 11) is 0. The highest BCUT2D eigenvalue weighted by atomic mass is 16.3. The maximum atomic E-state index is 10.8. The number of hydrogen-bond donors (Lipinski definition) is 2. The fourth-order valence-electron chi connectivity index (χ4n) is 0.583. The van der Waals surface area contributed by atoms with Gasteiger partial charge < -0.3 is 10.2 Å². The van der Waals surface area contributed by atoms with Gasteiger partial charge in [-0.15, -0.1) is 0 Å². The molecule has 11 heavy (non-hydrogen) atoms. The van der Waals surface area contributed by atoms with E-state index in [4.69, 9.17) is 5.11 Å². The van der Waals surface area contributed by atoms with Crippen LogP contribution in [-0.4, -0.2) is 28.7 Å². The number of carbonyl (C=O) groups is 1. The molecule has 0 aliphatic rings. The van der Waals surface area contributed by atoms with E-state index in [1.54, 1.807) is 13.8 Å². The van der Waals surface area contributed by atoms with Gasteiger partial charge in [-0.25, -0.2) is 0 Å². The molecule has 0 fully saturated rings. The summed E-state index contributed by atoms with van der Waals surface area (Å²) in [4.78, 5) is 10.8. The van der Waals surface area contributed by atoms with Crippen LogP contribution < -0.4 is 0 Å². The van der Waals surface area contributed by atoms with Crippen LogP contribution in [0.5, 0.6) is 0 Å². The zero-order valence-corrected chi connectivity index (χ0v) is 6.87. The Kier molecular flexibility index (Phi) is 3.42. The molecule has 0 aliphatic heterocycles. The molecule has 3 heteroatoms. The number of ketones is 1. The van der Waals surface area contributed by atoms with Gasteiger partial charge in [0.25, 0.3) is 0 Å². The topological polar surface area (TPSA) is 57.5 Å². The third-order valence-electron chi connectivity index (χ3n) is 1.62. The van der Waals surface area contributed by atoms with Crippen molar-refractivity contribution in [3.63, 3.8) is 0 Å². The molecule has 64 valence electrons. The van der Waals surface area contributed by atoms with Crippen molar-refractivity contribution in [1.82, 2.24) is 0 Å². The lowest BCUT2D eigenvalue weighted by molar-refractivity contribution is -0.129. The first-order valence-electron chi connectivity index (χ1n) is 3.41. The van der Waals surface area contributed by atoms with Gasteiger partial charge in [0.1, 0.15) is 6.10 Å². The van der Waals surface area contributed by atoms with E-state index in [1.807, 2.05) is 0 Å². The zero-order chi connectivity index (χ0) is 9.07. The van der Waals surface area contributed by atoms with Crippen LogP contribution in [0, 0.1) is 5.41 Å². The Morgan fingerprint density at radius 1 is 1.73 bits per heavy atom.